The van der Waals surface area contributed by atoms with Crippen molar-refractivity contribution in [2.24, 2.45) is 0 Å². The van der Waals surface area contributed by atoms with Crippen molar-refractivity contribution in [3.8, 4) is 5.69 Å². The molecule has 0 radical (unpaired) electrons. The van der Waals surface area contributed by atoms with E-state index in [0.717, 1.165) is 11.4 Å². The Morgan fingerprint density at radius 1 is 1.00 bits per heavy atom. The summed E-state index contributed by atoms with van der Waals surface area (Å²) in [7, 11) is 0. The van der Waals surface area contributed by atoms with Gasteiger partial charge in [0, 0.05) is 55.9 Å². The molecular formula is C22H25ClN6O2. The third-order valence-corrected chi connectivity index (χ3v) is 5.71. The molecule has 0 spiro atoms. The number of carbonyl (C=O) groups is 1. The third-order valence-electron chi connectivity index (χ3n) is 5.45. The van der Waals surface area contributed by atoms with Crippen molar-refractivity contribution in [2.45, 2.75) is 26.8 Å². The van der Waals surface area contributed by atoms with Gasteiger partial charge in [0.15, 0.2) is 0 Å². The van der Waals surface area contributed by atoms with Crippen LogP contribution in [-0.2, 0) is 11.3 Å². The van der Waals surface area contributed by atoms with E-state index in [2.05, 4.69) is 15.1 Å². The third kappa shape index (κ3) is 4.80. The number of aromatic nitrogens is 4. The first-order valence-electron chi connectivity index (χ1n) is 10.3. The van der Waals surface area contributed by atoms with E-state index >= 15 is 0 Å². The maximum absolute atomic E-state index is 12.6. The van der Waals surface area contributed by atoms with Crippen LogP contribution in [0.1, 0.15) is 17.8 Å². The molecule has 9 heteroatoms. The molecule has 3 aromatic rings. The van der Waals surface area contributed by atoms with E-state index in [0.29, 0.717) is 55.7 Å². The summed E-state index contributed by atoms with van der Waals surface area (Å²) in [5.41, 5.74) is 2.49. The number of nitrogens with zero attached hydrogens (tertiary/aromatic N) is 6. The van der Waals surface area contributed by atoms with Crippen molar-refractivity contribution < 1.29 is 4.79 Å². The largest absolute Gasteiger partial charge is 0.352 e. The first-order valence-corrected chi connectivity index (χ1v) is 10.7. The molecule has 1 fully saturated rings. The van der Waals surface area contributed by atoms with Crippen LogP contribution >= 0.6 is 11.6 Å². The number of carbonyl (C=O) groups excluding carboxylic acids is 1. The Morgan fingerprint density at radius 2 is 1.71 bits per heavy atom. The maximum atomic E-state index is 12.6. The number of hydrogen-bond acceptors (Lipinski definition) is 5. The molecule has 4 rings (SSSR count). The summed E-state index contributed by atoms with van der Waals surface area (Å²) in [6, 6.07) is 12.2. The summed E-state index contributed by atoms with van der Waals surface area (Å²) in [6.07, 6.45) is 0.432. The van der Waals surface area contributed by atoms with Crippen molar-refractivity contribution in [1.82, 2.24) is 24.5 Å². The second-order valence-corrected chi connectivity index (χ2v) is 8.12. The minimum absolute atomic E-state index is 0.131. The number of halogens is 1. The first kappa shape index (κ1) is 21.1. The van der Waals surface area contributed by atoms with Gasteiger partial charge >= 0.3 is 0 Å². The first-order chi connectivity index (χ1) is 14.9. The molecule has 0 N–H and O–H groups in total. The van der Waals surface area contributed by atoms with E-state index in [4.69, 9.17) is 11.6 Å². The van der Waals surface area contributed by atoms with Gasteiger partial charge in [0.1, 0.15) is 5.82 Å². The molecule has 8 nitrogen and oxygen atoms in total. The van der Waals surface area contributed by atoms with Gasteiger partial charge in [-0.15, -0.1) is 5.10 Å². The summed E-state index contributed by atoms with van der Waals surface area (Å²) in [5.74, 6) is 0.843. The van der Waals surface area contributed by atoms with Crippen LogP contribution < -0.4 is 10.5 Å². The molecule has 1 aromatic carbocycles. The van der Waals surface area contributed by atoms with Crippen LogP contribution in [0.4, 0.5) is 5.82 Å². The minimum atomic E-state index is -0.205. The Bertz CT molecular complexity index is 1130. The lowest BCUT2D eigenvalue weighted by Crippen LogP contribution is -2.49. The van der Waals surface area contributed by atoms with E-state index in [-0.39, 0.29) is 11.5 Å². The van der Waals surface area contributed by atoms with Gasteiger partial charge in [-0.05, 0) is 50.2 Å². The lowest BCUT2D eigenvalue weighted by Gasteiger charge is -2.35. The molecule has 1 amide bonds. The molecule has 0 bridgehead atoms. The minimum Gasteiger partial charge on any atom is -0.352 e. The fraction of sp³-hybridized carbons (Fsp3) is 0.364. The number of aryl methyl sites for hydroxylation is 3. The average molecular weight is 441 g/mol. The number of benzene rings is 1. The quantitative estimate of drug-likeness (QED) is 0.609. The molecule has 0 atom stereocenters. The normalized spacial score (nSPS) is 14.2. The highest BCUT2D eigenvalue weighted by Crippen LogP contribution is 2.16. The van der Waals surface area contributed by atoms with E-state index in [1.165, 1.54) is 10.7 Å². The topological polar surface area (TPSA) is 76.3 Å². The van der Waals surface area contributed by atoms with Crippen LogP contribution in [0.25, 0.3) is 5.69 Å². The van der Waals surface area contributed by atoms with E-state index in [9.17, 15) is 9.59 Å². The Labute approximate surface area is 185 Å². The predicted molar refractivity (Wildman–Crippen MR) is 120 cm³/mol. The highest BCUT2D eigenvalue weighted by atomic mass is 35.5. The SMILES string of the molecule is Cc1cc(C)n(CCC(=O)N2CCN(c3ccc(=O)n(-c4ccc(Cl)cc4)n3)CC2)n1. The van der Waals surface area contributed by atoms with Gasteiger partial charge in [0.2, 0.25) is 5.91 Å². The zero-order valence-electron chi connectivity index (χ0n) is 17.7. The summed E-state index contributed by atoms with van der Waals surface area (Å²) < 4.78 is 3.25. The second-order valence-electron chi connectivity index (χ2n) is 7.69. The van der Waals surface area contributed by atoms with Crippen LogP contribution in [0.5, 0.6) is 0 Å². The van der Waals surface area contributed by atoms with Gasteiger partial charge in [0.25, 0.3) is 5.56 Å². The van der Waals surface area contributed by atoms with E-state index < -0.39 is 0 Å². The zero-order valence-corrected chi connectivity index (χ0v) is 18.4. The molecule has 0 saturated carbocycles. The highest BCUT2D eigenvalue weighted by Gasteiger charge is 2.22. The number of hydrogen-bond donors (Lipinski definition) is 0. The van der Waals surface area contributed by atoms with Gasteiger partial charge in [-0.25, -0.2) is 0 Å². The maximum Gasteiger partial charge on any atom is 0.271 e. The fourth-order valence-electron chi connectivity index (χ4n) is 3.78. The van der Waals surface area contributed by atoms with Crippen LogP contribution in [-0.4, -0.2) is 56.5 Å². The lowest BCUT2D eigenvalue weighted by atomic mass is 10.2. The zero-order chi connectivity index (χ0) is 22.0. The Kier molecular flexibility index (Phi) is 6.08. The summed E-state index contributed by atoms with van der Waals surface area (Å²) in [5, 5.41) is 9.55. The Balaban J connectivity index is 1.38. The number of rotatable bonds is 5. The molecule has 2 aromatic heterocycles. The molecule has 3 heterocycles. The standard InChI is InChI=1S/C22H25ClN6O2/c1-16-15-17(2)28(24-16)10-9-21(30)27-13-11-26(12-14-27)20-7-8-22(31)29(25-20)19-5-3-18(23)4-6-19/h3-8,15H,9-14H2,1-2H3. The van der Waals surface area contributed by atoms with Gasteiger partial charge in [-0.3, -0.25) is 14.3 Å². The number of piperazine rings is 1. The van der Waals surface area contributed by atoms with Crippen LogP contribution in [0.15, 0.2) is 47.3 Å². The number of amides is 1. The lowest BCUT2D eigenvalue weighted by molar-refractivity contribution is -0.131. The summed E-state index contributed by atoms with van der Waals surface area (Å²) in [4.78, 5) is 28.9. The molecular weight excluding hydrogens is 416 g/mol. The molecule has 1 aliphatic heterocycles. The summed E-state index contributed by atoms with van der Waals surface area (Å²) >= 11 is 5.94. The Hall–Kier alpha value is -3.13. The van der Waals surface area contributed by atoms with Gasteiger partial charge in [-0.2, -0.15) is 9.78 Å². The monoisotopic (exact) mass is 440 g/mol. The van der Waals surface area contributed by atoms with E-state index in [1.807, 2.05) is 29.5 Å². The molecule has 31 heavy (non-hydrogen) atoms. The summed E-state index contributed by atoms with van der Waals surface area (Å²) in [6.45, 7) is 7.12. The molecule has 1 saturated heterocycles. The van der Waals surface area contributed by atoms with Crippen LogP contribution in [0, 0.1) is 13.8 Å². The predicted octanol–water partition coefficient (Wildman–Crippen LogP) is 2.44. The smallest absolute Gasteiger partial charge is 0.271 e. The number of anilines is 1. The molecule has 1 aliphatic rings. The van der Waals surface area contributed by atoms with Crippen molar-refractivity contribution in [3.05, 3.63) is 69.2 Å². The van der Waals surface area contributed by atoms with Crippen molar-refractivity contribution in [1.29, 1.82) is 0 Å². The van der Waals surface area contributed by atoms with Crippen LogP contribution in [0.2, 0.25) is 5.02 Å². The van der Waals surface area contributed by atoms with Crippen molar-refractivity contribution >= 4 is 23.3 Å². The molecule has 0 aliphatic carbocycles. The second kappa shape index (κ2) is 8.93. The Morgan fingerprint density at radius 3 is 2.35 bits per heavy atom. The van der Waals surface area contributed by atoms with Gasteiger partial charge in [-0.1, -0.05) is 11.6 Å². The van der Waals surface area contributed by atoms with Gasteiger partial charge < -0.3 is 9.80 Å². The fourth-order valence-corrected chi connectivity index (χ4v) is 3.91. The van der Waals surface area contributed by atoms with Crippen molar-refractivity contribution in [3.63, 3.8) is 0 Å². The van der Waals surface area contributed by atoms with E-state index in [1.54, 1.807) is 30.3 Å². The van der Waals surface area contributed by atoms with Crippen LogP contribution in [0.3, 0.4) is 0 Å². The van der Waals surface area contributed by atoms with Gasteiger partial charge in [0.05, 0.1) is 11.4 Å². The average Bonchev–Trinajstić information content (AvgIpc) is 3.10. The molecule has 162 valence electrons. The van der Waals surface area contributed by atoms with Crippen molar-refractivity contribution in [2.75, 3.05) is 31.1 Å². The highest BCUT2D eigenvalue weighted by molar-refractivity contribution is 6.30. The molecule has 0 unspecified atom stereocenters.